The van der Waals surface area contributed by atoms with E-state index in [9.17, 15) is 4.79 Å². The van der Waals surface area contributed by atoms with Crippen molar-refractivity contribution >= 4 is 40.5 Å². The monoisotopic (exact) mass is 294 g/mol. The Bertz CT molecular complexity index is 614. The summed E-state index contributed by atoms with van der Waals surface area (Å²) in [4.78, 5) is 11.9. The molecule has 0 radical (unpaired) electrons. The van der Waals surface area contributed by atoms with Crippen LogP contribution in [-0.2, 0) is 11.2 Å². The van der Waals surface area contributed by atoms with Crippen molar-refractivity contribution in [1.82, 2.24) is 0 Å². The van der Waals surface area contributed by atoms with Crippen LogP contribution in [0.3, 0.4) is 0 Å². The smallest absolute Gasteiger partial charge is 0.228 e. The summed E-state index contributed by atoms with van der Waals surface area (Å²) in [5.41, 5.74) is 7.51. The van der Waals surface area contributed by atoms with E-state index in [2.05, 4.69) is 5.32 Å². The van der Waals surface area contributed by atoms with E-state index in [1.54, 1.807) is 24.3 Å². The number of benzene rings is 2. The first-order valence-electron chi connectivity index (χ1n) is 5.64. The number of carbonyl (C=O) groups excluding carboxylic acids is 1. The maximum absolute atomic E-state index is 11.9. The molecule has 0 spiro atoms. The summed E-state index contributed by atoms with van der Waals surface area (Å²) in [7, 11) is 0. The van der Waals surface area contributed by atoms with Crippen molar-refractivity contribution < 1.29 is 4.79 Å². The van der Waals surface area contributed by atoms with Crippen molar-refractivity contribution in [2.45, 2.75) is 6.42 Å². The van der Waals surface area contributed by atoms with Gasteiger partial charge in [0.1, 0.15) is 0 Å². The topological polar surface area (TPSA) is 55.1 Å². The minimum absolute atomic E-state index is 0.179. The number of nitrogen functional groups attached to an aromatic ring is 1. The van der Waals surface area contributed by atoms with E-state index < -0.39 is 0 Å². The molecule has 3 nitrogen and oxygen atoms in total. The average Bonchev–Trinajstić information content (AvgIpc) is 2.36. The van der Waals surface area contributed by atoms with Crippen LogP contribution >= 0.6 is 23.2 Å². The molecule has 2 aromatic rings. The first-order chi connectivity index (χ1) is 9.06. The highest BCUT2D eigenvalue weighted by atomic mass is 35.5. The second-order valence-electron chi connectivity index (χ2n) is 4.05. The number of rotatable bonds is 3. The van der Waals surface area contributed by atoms with Crippen LogP contribution in [0.25, 0.3) is 0 Å². The maximum atomic E-state index is 11.9. The summed E-state index contributed by atoms with van der Waals surface area (Å²) in [5.74, 6) is -0.179. The largest absolute Gasteiger partial charge is 0.397 e. The standard InChI is InChI=1S/C14H12Cl2N2O/c15-10-5-6-13(12(17)8-10)18-14(19)7-9-3-1-2-4-11(9)16/h1-6,8H,7,17H2,(H,18,19). The van der Waals surface area contributed by atoms with Gasteiger partial charge in [0.25, 0.3) is 0 Å². The molecule has 0 aliphatic rings. The number of amides is 1. The van der Waals surface area contributed by atoms with E-state index in [1.165, 1.54) is 0 Å². The predicted molar refractivity (Wildman–Crippen MR) is 79.7 cm³/mol. The van der Waals surface area contributed by atoms with Gasteiger partial charge >= 0.3 is 0 Å². The molecule has 0 aliphatic heterocycles. The van der Waals surface area contributed by atoms with Gasteiger partial charge in [-0.2, -0.15) is 0 Å². The molecule has 0 saturated carbocycles. The molecule has 0 heterocycles. The number of hydrogen-bond donors (Lipinski definition) is 2. The molecule has 0 bridgehead atoms. The molecule has 0 aromatic heterocycles. The highest BCUT2D eigenvalue weighted by Crippen LogP contribution is 2.23. The number of halogens is 2. The second-order valence-corrected chi connectivity index (χ2v) is 4.89. The summed E-state index contributed by atoms with van der Waals surface area (Å²) < 4.78 is 0. The van der Waals surface area contributed by atoms with Gasteiger partial charge in [-0.25, -0.2) is 0 Å². The third kappa shape index (κ3) is 3.63. The third-order valence-electron chi connectivity index (χ3n) is 2.60. The molecule has 0 atom stereocenters. The Morgan fingerprint density at radius 1 is 1.16 bits per heavy atom. The fraction of sp³-hybridized carbons (Fsp3) is 0.0714. The van der Waals surface area contributed by atoms with E-state index in [0.29, 0.717) is 21.4 Å². The van der Waals surface area contributed by atoms with E-state index in [-0.39, 0.29) is 12.3 Å². The Morgan fingerprint density at radius 3 is 2.58 bits per heavy atom. The molecule has 0 fully saturated rings. The average molecular weight is 295 g/mol. The van der Waals surface area contributed by atoms with Crippen LogP contribution in [-0.4, -0.2) is 5.91 Å². The fourth-order valence-electron chi connectivity index (χ4n) is 1.66. The summed E-state index contributed by atoms with van der Waals surface area (Å²) in [6.45, 7) is 0. The normalized spacial score (nSPS) is 10.2. The van der Waals surface area contributed by atoms with Crippen LogP contribution in [0.4, 0.5) is 11.4 Å². The Balaban J connectivity index is 2.08. The Hall–Kier alpha value is -1.71. The molecule has 0 aliphatic carbocycles. The van der Waals surface area contributed by atoms with Crippen molar-refractivity contribution in [1.29, 1.82) is 0 Å². The van der Waals surface area contributed by atoms with Gasteiger partial charge in [-0.05, 0) is 29.8 Å². The van der Waals surface area contributed by atoms with Crippen LogP contribution in [0.2, 0.25) is 10.0 Å². The van der Waals surface area contributed by atoms with Crippen molar-refractivity contribution in [3.05, 3.63) is 58.1 Å². The molecule has 2 rings (SSSR count). The van der Waals surface area contributed by atoms with E-state index in [1.807, 2.05) is 18.2 Å². The van der Waals surface area contributed by atoms with Gasteiger partial charge in [-0.3, -0.25) is 4.79 Å². The zero-order valence-corrected chi connectivity index (χ0v) is 11.5. The number of hydrogen-bond acceptors (Lipinski definition) is 2. The van der Waals surface area contributed by atoms with Gasteiger partial charge in [0, 0.05) is 10.0 Å². The van der Waals surface area contributed by atoms with Gasteiger partial charge in [0.15, 0.2) is 0 Å². The van der Waals surface area contributed by atoms with E-state index in [0.717, 1.165) is 5.56 Å². The summed E-state index contributed by atoms with van der Waals surface area (Å²) >= 11 is 11.8. The van der Waals surface area contributed by atoms with Crippen molar-refractivity contribution in [3.8, 4) is 0 Å². The zero-order valence-electron chi connectivity index (χ0n) is 9.99. The van der Waals surface area contributed by atoms with Crippen LogP contribution in [0, 0.1) is 0 Å². The minimum Gasteiger partial charge on any atom is -0.397 e. The summed E-state index contributed by atoms with van der Waals surface area (Å²) in [6.07, 6.45) is 0.196. The Morgan fingerprint density at radius 2 is 1.89 bits per heavy atom. The van der Waals surface area contributed by atoms with Gasteiger partial charge in [0.2, 0.25) is 5.91 Å². The molecular weight excluding hydrogens is 283 g/mol. The molecule has 2 aromatic carbocycles. The first kappa shape index (κ1) is 13.7. The van der Waals surface area contributed by atoms with Gasteiger partial charge in [-0.15, -0.1) is 0 Å². The van der Waals surface area contributed by atoms with Gasteiger partial charge in [0.05, 0.1) is 17.8 Å². The van der Waals surface area contributed by atoms with Crippen molar-refractivity contribution in [3.63, 3.8) is 0 Å². The summed E-state index contributed by atoms with van der Waals surface area (Å²) in [6, 6.07) is 12.2. The van der Waals surface area contributed by atoms with Crippen LogP contribution in [0.15, 0.2) is 42.5 Å². The van der Waals surface area contributed by atoms with Crippen LogP contribution < -0.4 is 11.1 Å². The Kier molecular flexibility index (Phi) is 4.30. The quantitative estimate of drug-likeness (QED) is 0.847. The molecule has 0 unspecified atom stereocenters. The molecule has 0 saturated heterocycles. The fourth-order valence-corrected chi connectivity index (χ4v) is 2.04. The number of nitrogens with one attached hydrogen (secondary N) is 1. The Labute approximate surface area is 121 Å². The molecule has 19 heavy (non-hydrogen) atoms. The number of carbonyl (C=O) groups is 1. The molecule has 1 amide bonds. The van der Waals surface area contributed by atoms with Crippen molar-refractivity contribution in [2.75, 3.05) is 11.1 Å². The van der Waals surface area contributed by atoms with Crippen molar-refractivity contribution in [2.24, 2.45) is 0 Å². The van der Waals surface area contributed by atoms with E-state index >= 15 is 0 Å². The van der Waals surface area contributed by atoms with Gasteiger partial charge in [-0.1, -0.05) is 41.4 Å². The lowest BCUT2D eigenvalue weighted by Crippen LogP contribution is -2.15. The summed E-state index contributed by atoms with van der Waals surface area (Å²) in [5, 5.41) is 3.83. The number of nitrogens with two attached hydrogens (primary N) is 1. The minimum atomic E-state index is -0.179. The second kappa shape index (κ2) is 5.95. The molecule has 98 valence electrons. The van der Waals surface area contributed by atoms with E-state index in [4.69, 9.17) is 28.9 Å². The van der Waals surface area contributed by atoms with Crippen LogP contribution in [0.5, 0.6) is 0 Å². The zero-order chi connectivity index (χ0) is 13.8. The SMILES string of the molecule is Nc1cc(Cl)ccc1NC(=O)Cc1ccccc1Cl. The predicted octanol–water partition coefficient (Wildman–Crippen LogP) is 3.76. The highest BCUT2D eigenvalue weighted by molar-refractivity contribution is 6.31. The van der Waals surface area contributed by atoms with Crippen LogP contribution in [0.1, 0.15) is 5.56 Å². The van der Waals surface area contributed by atoms with Gasteiger partial charge < -0.3 is 11.1 Å². The molecule has 3 N–H and O–H groups in total. The first-order valence-corrected chi connectivity index (χ1v) is 6.40. The molecule has 5 heteroatoms. The lowest BCUT2D eigenvalue weighted by Gasteiger charge is -2.09. The lowest BCUT2D eigenvalue weighted by molar-refractivity contribution is -0.115. The lowest BCUT2D eigenvalue weighted by atomic mass is 10.1. The molecular formula is C14H12Cl2N2O. The highest BCUT2D eigenvalue weighted by Gasteiger charge is 2.08. The number of anilines is 2. The maximum Gasteiger partial charge on any atom is 0.228 e. The third-order valence-corrected chi connectivity index (χ3v) is 3.20.